The molecule has 1 aromatic carbocycles. The Kier molecular flexibility index (Phi) is 5.34. The van der Waals surface area contributed by atoms with E-state index in [9.17, 15) is 4.79 Å². The van der Waals surface area contributed by atoms with Crippen molar-refractivity contribution in [2.24, 2.45) is 0 Å². The molecule has 1 heterocycles. The number of carbonyl (C=O) groups is 1. The normalized spacial score (nSPS) is 10.3. The molecule has 0 aliphatic rings. The molecule has 0 aliphatic heterocycles. The van der Waals surface area contributed by atoms with Gasteiger partial charge in [-0.1, -0.05) is 18.7 Å². The fourth-order valence-electron chi connectivity index (χ4n) is 2.32. The van der Waals surface area contributed by atoms with Crippen LogP contribution in [-0.4, -0.2) is 30.3 Å². The van der Waals surface area contributed by atoms with Crippen LogP contribution in [0.4, 0.5) is 11.5 Å². The number of rotatable bonds is 6. The molecule has 0 saturated heterocycles. The molecule has 0 aliphatic carbocycles. The Hall–Kier alpha value is -2.40. The first-order valence-electron chi connectivity index (χ1n) is 7.10. The highest BCUT2D eigenvalue weighted by molar-refractivity contribution is 6.28. The summed E-state index contributed by atoms with van der Waals surface area (Å²) in [7, 11) is 3.80. The third-order valence-corrected chi connectivity index (χ3v) is 3.66. The van der Waals surface area contributed by atoms with Gasteiger partial charge in [-0.05, 0) is 36.4 Å². The van der Waals surface area contributed by atoms with Crippen LogP contribution in [0.2, 0.25) is 5.28 Å². The van der Waals surface area contributed by atoms with Crippen LogP contribution in [0, 0.1) is 6.92 Å². The lowest BCUT2D eigenvalue weighted by Gasteiger charge is -2.25. The highest BCUT2D eigenvalue weighted by Crippen LogP contribution is 2.26. The number of anilines is 2. The van der Waals surface area contributed by atoms with Crippen molar-refractivity contribution in [3.63, 3.8) is 0 Å². The van der Waals surface area contributed by atoms with E-state index in [1.165, 1.54) is 0 Å². The van der Waals surface area contributed by atoms with E-state index in [1.54, 1.807) is 18.5 Å². The van der Waals surface area contributed by atoms with Gasteiger partial charge in [0, 0.05) is 37.1 Å². The van der Waals surface area contributed by atoms with Crippen molar-refractivity contribution in [1.29, 1.82) is 0 Å². The summed E-state index contributed by atoms with van der Waals surface area (Å²) in [5.74, 6) is 0.751. The average molecular weight is 331 g/mol. The third kappa shape index (κ3) is 3.87. The van der Waals surface area contributed by atoms with Crippen molar-refractivity contribution < 1.29 is 4.79 Å². The number of aldehydes is 1. The predicted octanol–water partition coefficient (Wildman–Crippen LogP) is 3.47. The van der Waals surface area contributed by atoms with Gasteiger partial charge in [0.2, 0.25) is 5.28 Å². The molecule has 0 saturated carbocycles. The van der Waals surface area contributed by atoms with Gasteiger partial charge in [-0.15, -0.1) is 0 Å². The van der Waals surface area contributed by atoms with Crippen molar-refractivity contribution in [2.45, 2.75) is 13.5 Å². The second-order valence-corrected chi connectivity index (χ2v) is 5.69. The van der Waals surface area contributed by atoms with Gasteiger partial charge in [0.25, 0.3) is 0 Å². The van der Waals surface area contributed by atoms with Crippen molar-refractivity contribution in [3.05, 3.63) is 59.1 Å². The maximum absolute atomic E-state index is 11.0. The SMILES string of the molecule is C=CN(Cc1cnc(Cl)nc1N(C)C)c1cc(C=O)ccc1C. The van der Waals surface area contributed by atoms with Crippen molar-refractivity contribution in [1.82, 2.24) is 9.97 Å². The molecule has 0 fully saturated rings. The minimum Gasteiger partial charge on any atom is -0.362 e. The number of hydrogen-bond acceptors (Lipinski definition) is 5. The van der Waals surface area contributed by atoms with Crippen LogP contribution in [0.3, 0.4) is 0 Å². The van der Waals surface area contributed by atoms with E-state index in [0.717, 1.165) is 28.9 Å². The fourth-order valence-corrected chi connectivity index (χ4v) is 2.45. The molecular formula is C17H19ClN4O. The summed E-state index contributed by atoms with van der Waals surface area (Å²) in [6.07, 6.45) is 4.27. The van der Waals surface area contributed by atoms with Crippen LogP contribution in [0.25, 0.3) is 0 Å². The number of aromatic nitrogens is 2. The molecule has 0 N–H and O–H groups in total. The van der Waals surface area contributed by atoms with Crippen molar-refractivity contribution in [2.75, 3.05) is 23.9 Å². The summed E-state index contributed by atoms with van der Waals surface area (Å²) in [5, 5.41) is 0.210. The van der Waals surface area contributed by atoms with Gasteiger partial charge in [0.15, 0.2) is 0 Å². The number of halogens is 1. The van der Waals surface area contributed by atoms with Crippen LogP contribution in [-0.2, 0) is 6.54 Å². The number of aryl methyl sites for hydroxylation is 1. The molecule has 5 nitrogen and oxygen atoms in total. The average Bonchev–Trinajstić information content (AvgIpc) is 2.54. The molecule has 2 aromatic rings. The monoisotopic (exact) mass is 330 g/mol. The molecule has 23 heavy (non-hydrogen) atoms. The summed E-state index contributed by atoms with van der Waals surface area (Å²) in [5.41, 5.74) is 3.51. The van der Waals surface area contributed by atoms with E-state index < -0.39 is 0 Å². The number of carbonyl (C=O) groups excluding carboxylic acids is 1. The molecule has 6 heteroatoms. The van der Waals surface area contributed by atoms with E-state index in [0.29, 0.717) is 12.1 Å². The zero-order valence-electron chi connectivity index (χ0n) is 13.5. The summed E-state index contributed by atoms with van der Waals surface area (Å²) in [6.45, 7) is 6.40. The Balaban J connectivity index is 2.41. The largest absolute Gasteiger partial charge is 0.362 e. The van der Waals surface area contributed by atoms with Gasteiger partial charge < -0.3 is 9.80 Å². The van der Waals surface area contributed by atoms with E-state index in [-0.39, 0.29) is 5.28 Å². The molecule has 1 aromatic heterocycles. The van der Waals surface area contributed by atoms with Gasteiger partial charge in [-0.2, -0.15) is 0 Å². The Morgan fingerprint density at radius 2 is 2.09 bits per heavy atom. The van der Waals surface area contributed by atoms with E-state index in [1.807, 2.05) is 43.0 Å². The van der Waals surface area contributed by atoms with E-state index in [2.05, 4.69) is 16.5 Å². The summed E-state index contributed by atoms with van der Waals surface area (Å²) >= 11 is 5.89. The maximum atomic E-state index is 11.0. The fraction of sp³-hybridized carbons (Fsp3) is 0.235. The zero-order chi connectivity index (χ0) is 17.0. The topological polar surface area (TPSA) is 49.3 Å². The zero-order valence-corrected chi connectivity index (χ0v) is 14.2. The predicted molar refractivity (Wildman–Crippen MR) is 94.3 cm³/mol. The first kappa shape index (κ1) is 17.0. The second kappa shape index (κ2) is 7.24. The summed E-state index contributed by atoms with van der Waals surface area (Å²) in [4.78, 5) is 23.2. The van der Waals surface area contributed by atoms with Gasteiger partial charge in [-0.3, -0.25) is 4.79 Å². The molecular weight excluding hydrogens is 312 g/mol. The van der Waals surface area contributed by atoms with Crippen LogP contribution in [0.15, 0.2) is 37.2 Å². The molecule has 0 amide bonds. The lowest BCUT2D eigenvalue weighted by molar-refractivity contribution is 0.112. The number of nitrogens with zero attached hydrogens (tertiary/aromatic N) is 4. The lowest BCUT2D eigenvalue weighted by Crippen LogP contribution is -2.21. The molecule has 120 valence electrons. The minimum atomic E-state index is 0.210. The van der Waals surface area contributed by atoms with Gasteiger partial charge in [0.1, 0.15) is 12.1 Å². The summed E-state index contributed by atoms with van der Waals surface area (Å²) in [6, 6.07) is 5.56. The Bertz CT molecular complexity index is 731. The van der Waals surface area contributed by atoms with Crippen LogP contribution in [0.1, 0.15) is 21.5 Å². The standard InChI is InChI=1S/C17H19ClN4O/c1-5-22(15-8-13(11-23)7-6-12(15)2)10-14-9-19-17(18)20-16(14)21(3)4/h5-9,11H,1,10H2,2-4H3. The van der Waals surface area contributed by atoms with Crippen LogP contribution < -0.4 is 9.80 Å². The van der Waals surface area contributed by atoms with Gasteiger partial charge in [-0.25, -0.2) is 9.97 Å². The molecule has 0 bridgehead atoms. The smallest absolute Gasteiger partial charge is 0.224 e. The molecule has 0 atom stereocenters. The first-order valence-corrected chi connectivity index (χ1v) is 7.47. The molecule has 0 unspecified atom stereocenters. The van der Waals surface area contributed by atoms with E-state index in [4.69, 9.17) is 11.6 Å². The lowest BCUT2D eigenvalue weighted by atomic mass is 10.1. The highest BCUT2D eigenvalue weighted by Gasteiger charge is 2.14. The van der Waals surface area contributed by atoms with Crippen molar-refractivity contribution in [3.8, 4) is 0 Å². The minimum absolute atomic E-state index is 0.210. The Labute approximate surface area is 141 Å². The van der Waals surface area contributed by atoms with Gasteiger partial charge in [0.05, 0.1) is 6.54 Å². The Morgan fingerprint density at radius 1 is 1.35 bits per heavy atom. The molecule has 2 rings (SSSR count). The van der Waals surface area contributed by atoms with E-state index >= 15 is 0 Å². The molecule has 0 spiro atoms. The first-order chi connectivity index (χ1) is 11.0. The van der Waals surface area contributed by atoms with Crippen molar-refractivity contribution >= 4 is 29.4 Å². The van der Waals surface area contributed by atoms with Crippen LogP contribution in [0.5, 0.6) is 0 Å². The van der Waals surface area contributed by atoms with Crippen LogP contribution >= 0.6 is 11.6 Å². The Morgan fingerprint density at radius 3 is 2.70 bits per heavy atom. The number of benzene rings is 1. The number of hydrogen-bond donors (Lipinski definition) is 0. The second-order valence-electron chi connectivity index (χ2n) is 5.36. The van der Waals surface area contributed by atoms with Gasteiger partial charge >= 0.3 is 0 Å². The quantitative estimate of drug-likeness (QED) is 0.599. The summed E-state index contributed by atoms with van der Waals surface area (Å²) < 4.78 is 0. The highest BCUT2D eigenvalue weighted by atomic mass is 35.5. The third-order valence-electron chi connectivity index (χ3n) is 3.48. The maximum Gasteiger partial charge on any atom is 0.224 e. The molecule has 0 radical (unpaired) electrons.